The maximum absolute atomic E-state index is 13.4. The van der Waals surface area contributed by atoms with E-state index in [0.717, 1.165) is 31.0 Å². The van der Waals surface area contributed by atoms with Crippen molar-refractivity contribution in [2.75, 3.05) is 11.9 Å². The molecule has 0 saturated carbocycles. The first-order chi connectivity index (χ1) is 10.4. The number of rotatable bonds is 6. The Morgan fingerprint density at radius 2 is 1.82 bits per heavy atom. The first kappa shape index (κ1) is 18.0. The molecule has 2 amide bonds. The summed E-state index contributed by atoms with van der Waals surface area (Å²) in [5.41, 5.74) is -0.416. The number of hydrogen-bond donors (Lipinski definition) is 3. The van der Waals surface area contributed by atoms with E-state index in [9.17, 15) is 23.5 Å². The zero-order chi connectivity index (χ0) is 16.7. The summed E-state index contributed by atoms with van der Waals surface area (Å²) in [6, 6.07) is 2.52. The lowest BCUT2D eigenvalue weighted by molar-refractivity contribution is -0.136. The summed E-state index contributed by atoms with van der Waals surface area (Å²) in [7, 11) is 0. The molecule has 0 aliphatic rings. The number of aliphatic hydroxyl groups is 1. The van der Waals surface area contributed by atoms with Gasteiger partial charge in [0.15, 0.2) is 0 Å². The van der Waals surface area contributed by atoms with Crippen molar-refractivity contribution in [3.8, 4) is 0 Å². The van der Waals surface area contributed by atoms with Crippen LogP contribution < -0.4 is 10.6 Å². The van der Waals surface area contributed by atoms with Crippen LogP contribution in [0.15, 0.2) is 18.2 Å². The number of amides is 2. The van der Waals surface area contributed by atoms with Gasteiger partial charge in [0.05, 0.1) is 11.8 Å². The molecule has 1 rings (SSSR count). The van der Waals surface area contributed by atoms with Crippen molar-refractivity contribution < 1.29 is 23.5 Å². The third-order valence-electron chi connectivity index (χ3n) is 3.45. The summed E-state index contributed by atoms with van der Waals surface area (Å²) in [4.78, 5) is 23.2. The predicted molar refractivity (Wildman–Crippen MR) is 78.1 cm³/mol. The van der Waals surface area contributed by atoms with E-state index in [1.807, 2.05) is 19.2 Å². The minimum absolute atomic E-state index is 0.0176. The number of benzene rings is 1. The molecular formula is C15H20F2N2O3. The molecule has 0 bridgehead atoms. The van der Waals surface area contributed by atoms with Gasteiger partial charge >= 0.3 is 11.8 Å². The predicted octanol–water partition coefficient (Wildman–Crippen LogP) is 1.82. The van der Waals surface area contributed by atoms with Gasteiger partial charge in [0.25, 0.3) is 0 Å². The van der Waals surface area contributed by atoms with Gasteiger partial charge in [0.2, 0.25) is 0 Å². The lowest BCUT2D eigenvalue weighted by Gasteiger charge is -2.20. The van der Waals surface area contributed by atoms with Crippen molar-refractivity contribution in [3.63, 3.8) is 0 Å². The van der Waals surface area contributed by atoms with E-state index in [1.165, 1.54) is 0 Å². The third kappa shape index (κ3) is 5.07. The Labute approximate surface area is 127 Å². The van der Waals surface area contributed by atoms with Gasteiger partial charge in [-0.25, -0.2) is 8.78 Å². The van der Waals surface area contributed by atoms with Gasteiger partial charge in [-0.05, 0) is 18.1 Å². The molecule has 1 unspecified atom stereocenters. The van der Waals surface area contributed by atoms with Crippen LogP contribution in [0.2, 0.25) is 0 Å². The molecule has 0 fully saturated rings. The Bertz CT molecular complexity index is 534. The van der Waals surface area contributed by atoms with E-state index in [4.69, 9.17) is 0 Å². The smallest absolute Gasteiger partial charge is 0.313 e. The van der Waals surface area contributed by atoms with Crippen LogP contribution in [0.3, 0.4) is 0 Å². The average molecular weight is 314 g/mol. The Kier molecular flexibility index (Phi) is 6.91. The van der Waals surface area contributed by atoms with Gasteiger partial charge in [0, 0.05) is 12.6 Å². The standard InChI is InChI=1S/C15H20F2N2O3/c1-3-9(4-2)13(20)8-18-14(21)15(22)19-12-7-10(16)5-6-11(12)17/h5-7,9,13,20H,3-4,8H2,1-2H3,(H,18,21)(H,19,22). The van der Waals surface area contributed by atoms with Crippen molar-refractivity contribution in [1.82, 2.24) is 5.32 Å². The number of aliphatic hydroxyl groups excluding tert-OH is 1. The fourth-order valence-corrected chi connectivity index (χ4v) is 2.05. The Morgan fingerprint density at radius 1 is 1.18 bits per heavy atom. The molecular weight excluding hydrogens is 294 g/mol. The average Bonchev–Trinajstić information content (AvgIpc) is 2.49. The molecule has 1 atom stereocenters. The second-order valence-corrected chi connectivity index (χ2v) is 4.93. The lowest BCUT2D eigenvalue weighted by atomic mass is 9.96. The number of carbonyl (C=O) groups excluding carboxylic acids is 2. The summed E-state index contributed by atoms with van der Waals surface area (Å²) in [6.45, 7) is 3.75. The second-order valence-electron chi connectivity index (χ2n) is 4.93. The zero-order valence-corrected chi connectivity index (χ0v) is 12.5. The van der Waals surface area contributed by atoms with Gasteiger partial charge in [-0.1, -0.05) is 26.7 Å². The van der Waals surface area contributed by atoms with Gasteiger partial charge in [-0.3, -0.25) is 9.59 Å². The molecule has 3 N–H and O–H groups in total. The quantitative estimate of drug-likeness (QED) is 0.701. The van der Waals surface area contributed by atoms with Gasteiger partial charge in [-0.15, -0.1) is 0 Å². The van der Waals surface area contributed by atoms with E-state index in [1.54, 1.807) is 0 Å². The van der Waals surface area contributed by atoms with Crippen LogP contribution in [0.25, 0.3) is 0 Å². The molecule has 0 saturated heterocycles. The maximum atomic E-state index is 13.4. The fraction of sp³-hybridized carbons (Fsp3) is 0.467. The molecule has 0 aromatic heterocycles. The molecule has 0 heterocycles. The summed E-state index contributed by atoms with van der Waals surface area (Å²) < 4.78 is 26.3. The van der Waals surface area contributed by atoms with Crippen molar-refractivity contribution >= 4 is 17.5 Å². The Hall–Kier alpha value is -2.02. The molecule has 0 aliphatic heterocycles. The van der Waals surface area contributed by atoms with E-state index >= 15 is 0 Å². The largest absolute Gasteiger partial charge is 0.391 e. The number of halogens is 2. The van der Waals surface area contributed by atoms with E-state index in [2.05, 4.69) is 5.32 Å². The van der Waals surface area contributed by atoms with Crippen LogP contribution >= 0.6 is 0 Å². The molecule has 5 nitrogen and oxygen atoms in total. The monoisotopic (exact) mass is 314 g/mol. The van der Waals surface area contributed by atoms with Crippen LogP contribution in [0.1, 0.15) is 26.7 Å². The van der Waals surface area contributed by atoms with Gasteiger partial charge in [-0.2, -0.15) is 0 Å². The Morgan fingerprint density at radius 3 is 2.41 bits per heavy atom. The van der Waals surface area contributed by atoms with Crippen molar-refractivity contribution in [1.29, 1.82) is 0 Å². The molecule has 7 heteroatoms. The number of carbonyl (C=O) groups is 2. The highest BCUT2D eigenvalue weighted by atomic mass is 19.1. The fourth-order valence-electron chi connectivity index (χ4n) is 2.05. The number of nitrogens with one attached hydrogen (secondary N) is 2. The third-order valence-corrected chi connectivity index (χ3v) is 3.45. The molecule has 0 aliphatic carbocycles. The highest BCUT2D eigenvalue weighted by Gasteiger charge is 2.20. The normalized spacial score (nSPS) is 12.1. The van der Waals surface area contributed by atoms with Crippen LogP contribution in [-0.4, -0.2) is 29.6 Å². The van der Waals surface area contributed by atoms with Crippen molar-refractivity contribution in [3.05, 3.63) is 29.8 Å². The van der Waals surface area contributed by atoms with E-state index in [-0.39, 0.29) is 12.5 Å². The van der Waals surface area contributed by atoms with Crippen molar-refractivity contribution in [2.24, 2.45) is 5.92 Å². The minimum atomic E-state index is -1.12. The maximum Gasteiger partial charge on any atom is 0.313 e. The topological polar surface area (TPSA) is 78.4 Å². The lowest BCUT2D eigenvalue weighted by Crippen LogP contribution is -2.41. The molecule has 0 spiro atoms. The number of hydrogen-bond acceptors (Lipinski definition) is 3. The molecule has 22 heavy (non-hydrogen) atoms. The van der Waals surface area contributed by atoms with Crippen LogP contribution in [0, 0.1) is 17.6 Å². The highest BCUT2D eigenvalue weighted by Crippen LogP contribution is 2.15. The summed E-state index contributed by atoms with van der Waals surface area (Å²) in [5.74, 6) is -3.71. The SMILES string of the molecule is CCC(CC)C(O)CNC(=O)C(=O)Nc1cc(F)ccc1F. The van der Waals surface area contributed by atoms with Gasteiger partial charge in [0.1, 0.15) is 11.6 Å². The molecule has 0 radical (unpaired) electrons. The second kappa shape index (κ2) is 8.43. The Balaban J connectivity index is 2.55. The van der Waals surface area contributed by atoms with E-state index < -0.39 is 35.2 Å². The van der Waals surface area contributed by atoms with Crippen LogP contribution in [0.4, 0.5) is 14.5 Å². The summed E-state index contributed by atoms with van der Waals surface area (Å²) in [6.07, 6.45) is 0.723. The first-order valence-corrected chi connectivity index (χ1v) is 7.11. The highest BCUT2D eigenvalue weighted by molar-refractivity contribution is 6.39. The molecule has 1 aromatic carbocycles. The van der Waals surface area contributed by atoms with Crippen LogP contribution in [-0.2, 0) is 9.59 Å². The van der Waals surface area contributed by atoms with Crippen molar-refractivity contribution in [2.45, 2.75) is 32.8 Å². The summed E-state index contributed by atoms with van der Waals surface area (Å²) >= 11 is 0. The summed E-state index contributed by atoms with van der Waals surface area (Å²) in [5, 5.41) is 14.1. The van der Waals surface area contributed by atoms with Gasteiger partial charge < -0.3 is 15.7 Å². The first-order valence-electron chi connectivity index (χ1n) is 7.11. The van der Waals surface area contributed by atoms with E-state index in [0.29, 0.717) is 0 Å². The minimum Gasteiger partial charge on any atom is -0.391 e. The molecule has 1 aromatic rings. The van der Waals surface area contributed by atoms with Crippen LogP contribution in [0.5, 0.6) is 0 Å². The zero-order valence-electron chi connectivity index (χ0n) is 12.5. The molecule has 122 valence electrons. The number of anilines is 1.